The quantitative estimate of drug-likeness (QED) is 0.500. The van der Waals surface area contributed by atoms with Gasteiger partial charge in [-0.1, -0.05) is 55.5 Å². The molecule has 0 aliphatic carbocycles. The Labute approximate surface area is 189 Å². The number of rotatable bonds is 10. The van der Waals surface area contributed by atoms with Crippen molar-refractivity contribution in [2.24, 2.45) is 0 Å². The molecule has 3 rings (SSSR count). The van der Waals surface area contributed by atoms with Gasteiger partial charge < -0.3 is 9.64 Å². The molecule has 3 aromatic carbocycles. The van der Waals surface area contributed by atoms with E-state index in [0.717, 1.165) is 16.9 Å². The molecule has 0 atom stereocenters. The maximum absolute atomic E-state index is 13.0. The second-order valence-electron chi connectivity index (χ2n) is 7.27. The van der Waals surface area contributed by atoms with Gasteiger partial charge in [0.15, 0.2) is 0 Å². The van der Waals surface area contributed by atoms with Crippen molar-refractivity contribution < 1.29 is 17.9 Å². The highest BCUT2D eigenvalue weighted by Crippen LogP contribution is 2.18. The maximum atomic E-state index is 13.0. The Hall–Kier alpha value is -3.16. The Morgan fingerprint density at radius 1 is 0.906 bits per heavy atom. The Balaban J connectivity index is 1.66. The molecule has 0 aromatic heterocycles. The van der Waals surface area contributed by atoms with E-state index in [2.05, 4.69) is 4.72 Å². The molecule has 32 heavy (non-hydrogen) atoms. The summed E-state index contributed by atoms with van der Waals surface area (Å²) in [5.41, 5.74) is 2.40. The normalized spacial score (nSPS) is 11.2. The summed E-state index contributed by atoms with van der Waals surface area (Å²) in [6, 6.07) is 23.7. The summed E-state index contributed by atoms with van der Waals surface area (Å²) in [7, 11) is -3.62. The predicted molar refractivity (Wildman–Crippen MR) is 125 cm³/mol. The van der Waals surface area contributed by atoms with Crippen molar-refractivity contribution in [3.8, 4) is 5.75 Å². The molecule has 6 nitrogen and oxygen atoms in total. The van der Waals surface area contributed by atoms with Crippen LogP contribution in [0.4, 0.5) is 0 Å². The first-order valence-electron chi connectivity index (χ1n) is 10.6. The molecule has 0 fully saturated rings. The first-order valence-corrected chi connectivity index (χ1v) is 12.1. The molecule has 1 N–H and O–H groups in total. The predicted octanol–water partition coefficient (Wildman–Crippen LogP) is 4.23. The Kier molecular flexibility index (Phi) is 8.03. The van der Waals surface area contributed by atoms with Crippen molar-refractivity contribution in [1.29, 1.82) is 0 Å². The summed E-state index contributed by atoms with van der Waals surface area (Å²) in [5, 5.41) is 0. The van der Waals surface area contributed by atoms with Gasteiger partial charge in [-0.3, -0.25) is 4.79 Å². The molecule has 0 aliphatic rings. The summed E-state index contributed by atoms with van der Waals surface area (Å²) < 4.78 is 32.8. The first kappa shape index (κ1) is 23.5. The summed E-state index contributed by atoms with van der Waals surface area (Å²) >= 11 is 0. The minimum absolute atomic E-state index is 0.0844. The summed E-state index contributed by atoms with van der Waals surface area (Å²) in [6.45, 7) is 5.30. The third-order valence-electron chi connectivity index (χ3n) is 4.94. The zero-order valence-electron chi connectivity index (χ0n) is 18.3. The van der Waals surface area contributed by atoms with Crippen molar-refractivity contribution >= 4 is 15.9 Å². The van der Waals surface area contributed by atoms with E-state index in [9.17, 15) is 13.2 Å². The fourth-order valence-electron chi connectivity index (χ4n) is 3.23. The molecule has 3 aromatic rings. The van der Waals surface area contributed by atoms with Crippen LogP contribution in [0.5, 0.6) is 5.75 Å². The lowest BCUT2D eigenvalue weighted by molar-refractivity contribution is 0.0752. The number of hydrogen-bond acceptors (Lipinski definition) is 4. The molecule has 0 radical (unpaired) electrons. The van der Waals surface area contributed by atoms with Crippen LogP contribution < -0.4 is 9.46 Å². The average Bonchev–Trinajstić information content (AvgIpc) is 2.82. The number of benzene rings is 3. The lowest BCUT2D eigenvalue weighted by Crippen LogP contribution is -2.30. The number of amides is 1. The van der Waals surface area contributed by atoms with Crippen molar-refractivity contribution in [3.63, 3.8) is 0 Å². The highest BCUT2D eigenvalue weighted by molar-refractivity contribution is 7.89. The molecule has 7 heteroatoms. The summed E-state index contributed by atoms with van der Waals surface area (Å²) in [5.74, 6) is 0.541. The van der Waals surface area contributed by atoms with Crippen LogP contribution in [0.1, 0.15) is 35.3 Å². The standard InChI is InChI=1S/C25H28N2O4S/c1-3-26-32(29,30)24-12-8-11-22(17-24)25(28)27(4-2)18-20-13-15-23(16-14-20)31-19-21-9-6-5-7-10-21/h5-17,26H,3-4,18-19H2,1-2H3. The van der Waals surface area contributed by atoms with Crippen LogP contribution in [0.3, 0.4) is 0 Å². The van der Waals surface area contributed by atoms with Gasteiger partial charge in [-0.25, -0.2) is 13.1 Å². The second kappa shape index (κ2) is 10.9. The SMILES string of the molecule is CCNS(=O)(=O)c1cccc(C(=O)N(CC)Cc2ccc(OCc3ccccc3)cc2)c1. The minimum atomic E-state index is -3.62. The molecule has 0 aliphatic heterocycles. The van der Waals surface area contributed by atoms with E-state index in [-0.39, 0.29) is 17.3 Å². The Morgan fingerprint density at radius 2 is 1.62 bits per heavy atom. The first-order chi connectivity index (χ1) is 15.4. The second-order valence-corrected chi connectivity index (χ2v) is 9.03. The number of ether oxygens (including phenoxy) is 1. The van der Waals surface area contributed by atoms with E-state index in [1.165, 1.54) is 12.1 Å². The smallest absolute Gasteiger partial charge is 0.254 e. The lowest BCUT2D eigenvalue weighted by Gasteiger charge is -2.21. The number of nitrogens with zero attached hydrogens (tertiary/aromatic N) is 1. The molecule has 0 bridgehead atoms. The third-order valence-corrected chi connectivity index (χ3v) is 6.48. The average molecular weight is 453 g/mol. The van der Waals surface area contributed by atoms with Crippen molar-refractivity contribution in [2.45, 2.75) is 31.9 Å². The van der Waals surface area contributed by atoms with Crippen LogP contribution in [0, 0.1) is 0 Å². The van der Waals surface area contributed by atoms with Gasteiger partial charge in [-0.15, -0.1) is 0 Å². The van der Waals surface area contributed by atoms with Gasteiger partial charge in [0.05, 0.1) is 4.90 Å². The largest absolute Gasteiger partial charge is 0.489 e. The van der Waals surface area contributed by atoms with E-state index < -0.39 is 10.0 Å². The maximum Gasteiger partial charge on any atom is 0.254 e. The van der Waals surface area contributed by atoms with Crippen LogP contribution in [0.15, 0.2) is 83.8 Å². The van der Waals surface area contributed by atoms with E-state index in [4.69, 9.17) is 4.74 Å². The van der Waals surface area contributed by atoms with Crippen LogP contribution in [-0.2, 0) is 23.2 Å². The Morgan fingerprint density at radius 3 is 2.28 bits per heavy atom. The van der Waals surface area contributed by atoms with Crippen molar-refractivity contribution in [1.82, 2.24) is 9.62 Å². The van der Waals surface area contributed by atoms with Crippen LogP contribution in [0.2, 0.25) is 0 Å². The van der Waals surface area contributed by atoms with Gasteiger partial charge in [-0.05, 0) is 48.4 Å². The number of carbonyl (C=O) groups excluding carboxylic acids is 1. The van der Waals surface area contributed by atoms with Crippen LogP contribution in [-0.4, -0.2) is 32.3 Å². The number of sulfonamides is 1. The molecule has 0 saturated carbocycles. The van der Waals surface area contributed by atoms with Gasteiger partial charge >= 0.3 is 0 Å². The molecule has 168 valence electrons. The Bertz CT molecular complexity index is 1130. The summed E-state index contributed by atoms with van der Waals surface area (Å²) in [4.78, 5) is 14.8. The van der Waals surface area contributed by atoms with Crippen LogP contribution in [0.25, 0.3) is 0 Å². The molecule has 0 heterocycles. The molecule has 0 unspecified atom stereocenters. The molecule has 0 saturated heterocycles. The number of hydrogen-bond donors (Lipinski definition) is 1. The molecular weight excluding hydrogens is 424 g/mol. The number of carbonyl (C=O) groups is 1. The van der Waals surface area contributed by atoms with E-state index >= 15 is 0 Å². The van der Waals surface area contributed by atoms with Crippen molar-refractivity contribution in [3.05, 3.63) is 95.6 Å². The fourth-order valence-corrected chi connectivity index (χ4v) is 4.32. The highest BCUT2D eigenvalue weighted by Gasteiger charge is 2.19. The molecule has 0 spiro atoms. The highest BCUT2D eigenvalue weighted by atomic mass is 32.2. The van der Waals surface area contributed by atoms with Gasteiger partial charge in [-0.2, -0.15) is 0 Å². The third kappa shape index (κ3) is 6.18. The molecule has 1 amide bonds. The summed E-state index contributed by atoms with van der Waals surface area (Å²) in [6.07, 6.45) is 0. The zero-order valence-corrected chi connectivity index (χ0v) is 19.1. The fraction of sp³-hybridized carbons (Fsp3) is 0.240. The number of nitrogens with one attached hydrogen (secondary N) is 1. The molecular formula is C25H28N2O4S. The van der Waals surface area contributed by atoms with Gasteiger partial charge in [0.25, 0.3) is 5.91 Å². The topological polar surface area (TPSA) is 75.7 Å². The monoisotopic (exact) mass is 452 g/mol. The zero-order chi connectivity index (χ0) is 23.0. The van der Waals surface area contributed by atoms with Gasteiger partial charge in [0.1, 0.15) is 12.4 Å². The van der Waals surface area contributed by atoms with Crippen LogP contribution >= 0.6 is 0 Å². The van der Waals surface area contributed by atoms with Crippen molar-refractivity contribution in [2.75, 3.05) is 13.1 Å². The van der Waals surface area contributed by atoms with Gasteiger partial charge in [0, 0.05) is 25.2 Å². The van der Waals surface area contributed by atoms with E-state index in [1.807, 2.05) is 61.5 Å². The van der Waals surface area contributed by atoms with Gasteiger partial charge in [0.2, 0.25) is 10.0 Å². The lowest BCUT2D eigenvalue weighted by atomic mass is 10.1. The minimum Gasteiger partial charge on any atom is -0.489 e. The van der Waals surface area contributed by atoms with E-state index in [1.54, 1.807) is 24.0 Å². The van der Waals surface area contributed by atoms with E-state index in [0.29, 0.717) is 25.3 Å².